The maximum atomic E-state index is 9.40. The molecule has 19 heavy (non-hydrogen) atoms. The van der Waals surface area contributed by atoms with Crippen LogP contribution in [-0.4, -0.2) is 17.2 Å². The fourth-order valence-electron chi connectivity index (χ4n) is 2.26. The number of aromatic nitrogens is 1. The summed E-state index contributed by atoms with van der Waals surface area (Å²) in [7, 11) is 0. The fourth-order valence-corrected chi connectivity index (χ4v) is 2.26. The minimum Gasteiger partial charge on any atom is -0.472 e. The van der Waals surface area contributed by atoms with E-state index in [1.54, 1.807) is 6.08 Å². The van der Waals surface area contributed by atoms with E-state index in [1.807, 2.05) is 20.8 Å². The highest BCUT2D eigenvalue weighted by molar-refractivity contribution is 5.51. The molecule has 0 aromatic carbocycles. The van der Waals surface area contributed by atoms with Crippen LogP contribution in [0.1, 0.15) is 36.2 Å². The molecule has 4 heteroatoms. The Hall–Kier alpha value is -1.86. The second-order valence-corrected chi connectivity index (χ2v) is 5.27. The zero-order chi connectivity index (χ0) is 14.0. The molecule has 1 aromatic rings. The zero-order valence-electron chi connectivity index (χ0n) is 11.6. The maximum absolute atomic E-state index is 9.40. The second-order valence-electron chi connectivity index (χ2n) is 5.27. The van der Waals surface area contributed by atoms with Gasteiger partial charge in [0.2, 0.25) is 5.88 Å². The Balaban J connectivity index is 2.54. The Kier molecular flexibility index (Phi) is 3.59. The van der Waals surface area contributed by atoms with Crippen molar-refractivity contribution in [2.24, 2.45) is 0 Å². The maximum Gasteiger partial charge on any atom is 0.232 e. The predicted molar refractivity (Wildman–Crippen MR) is 72.0 cm³/mol. The number of hydrogen-bond donors (Lipinski definition) is 0. The molecule has 0 unspecified atom stereocenters. The molecule has 0 atom stereocenters. The van der Waals surface area contributed by atoms with Gasteiger partial charge in [0.25, 0.3) is 0 Å². The first-order valence-corrected chi connectivity index (χ1v) is 6.28. The van der Waals surface area contributed by atoms with Gasteiger partial charge in [-0.15, -0.1) is 0 Å². The summed E-state index contributed by atoms with van der Waals surface area (Å²) in [5, 5.41) is 9.40. The van der Waals surface area contributed by atoms with Crippen LogP contribution in [0.4, 0.5) is 0 Å². The molecule has 0 saturated heterocycles. The van der Waals surface area contributed by atoms with Gasteiger partial charge in [0.05, 0.1) is 12.2 Å². The summed E-state index contributed by atoms with van der Waals surface area (Å²) in [6.45, 7) is 10.4. The summed E-state index contributed by atoms with van der Waals surface area (Å²) in [6, 6.07) is 2.22. The Bertz CT molecular complexity index is 556. The number of fused-ring (bicyclic) bond motifs is 1. The quantitative estimate of drug-likeness (QED) is 0.782. The number of pyridine rings is 1. The van der Waals surface area contributed by atoms with E-state index in [-0.39, 0.29) is 5.60 Å². The first kappa shape index (κ1) is 13.6. The van der Waals surface area contributed by atoms with Crippen molar-refractivity contribution in [2.75, 3.05) is 6.61 Å². The third-order valence-electron chi connectivity index (χ3n) is 3.25. The van der Waals surface area contributed by atoms with E-state index in [0.29, 0.717) is 31.1 Å². The standard InChI is InChI=1S/C15H18N2O2/c1-5-6-18-14-12(8-16)11-7-15(3,4)19-9-13(11)10(2)17-14/h5H,1,6-7,9H2,2-4H3. The van der Waals surface area contributed by atoms with Gasteiger partial charge in [-0.25, -0.2) is 4.98 Å². The normalized spacial score (nSPS) is 16.3. The van der Waals surface area contributed by atoms with Crippen molar-refractivity contribution in [3.63, 3.8) is 0 Å². The molecule has 4 nitrogen and oxygen atoms in total. The molecule has 0 amide bonds. The second kappa shape index (κ2) is 5.02. The molecule has 2 rings (SSSR count). The predicted octanol–water partition coefficient (Wildman–Crippen LogP) is 2.68. The van der Waals surface area contributed by atoms with Crippen molar-refractivity contribution in [1.82, 2.24) is 4.98 Å². The highest BCUT2D eigenvalue weighted by Crippen LogP contribution is 2.34. The summed E-state index contributed by atoms with van der Waals surface area (Å²) >= 11 is 0. The smallest absolute Gasteiger partial charge is 0.232 e. The van der Waals surface area contributed by atoms with Crippen LogP contribution in [0, 0.1) is 18.3 Å². The van der Waals surface area contributed by atoms with Crippen LogP contribution in [0.5, 0.6) is 5.88 Å². The van der Waals surface area contributed by atoms with E-state index >= 15 is 0 Å². The van der Waals surface area contributed by atoms with Crippen LogP contribution >= 0.6 is 0 Å². The molecule has 0 spiro atoms. The average Bonchev–Trinajstić information content (AvgIpc) is 2.35. The Morgan fingerprint density at radius 2 is 2.26 bits per heavy atom. The van der Waals surface area contributed by atoms with Crippen LogP contribution in [0.15, 0.2) is 12.7 Å². The number of aryl methyl sites for hydroxylation is 1. The van der Waals surface area contributed by atoms with Gasteiger partial charge in [0.15, 0.2) is 0 Å². The van der Waals surface area contributed by atoms with Gasteiger partial charge in [-0.1, -0.05) is 12.7 Å². The lowest BCUT2D eigenvalue weighted by atomic mass is 9.88. The van der Waals surface area contributed by atoms with Crippen molar-refractivity contribution in [3.8, 4) is 11.9 Å². The molecule has 100 valence electrons. The van der Waals surface area contributed by atoms with E-state index in [2.05, 4.69) is 17.6 Å². The third-order valence-corrected chi connectivity index (χ3v) is 3.25. The molecule has 1 aromatic heterocycles. The van der Waals surface area contributed by atoms with Crippen molar-refractivity contribution in [1.29, 1.82) is 5.26 Å². The minimum absolute atomic E-state index is 0.262. The first-order valence-electron chi connectivity index (χ1n) is 6.28. The van der Waals surface area contributed by atoms with Gasteiger partial charge in [0, 0.05) is 17.7 Å². The largest absolute Gasteiger partial charge is 0.472 e. The van der Waals surface area contributed by atoms with Crippen molar-refractivity contribution in [3.05, 3.63) is 35.0 Å². The SMILES string of the molecule is C=CCOc1nc(C)c2c(c1C#N)CC(C)(C)OC2. The van der Waals surface area contributed by atoms with Crippen LogP contribution in [-0.2, 0) is 17.8 Å². The first-order chi connectivity index (χ1) is 8.98. The molecule has 1 aliphatic heterocycles. The lowest BCUT2D eigenvalue weighted by Gasteiger charge is -2.33. The van der Waals surface area contributed by atoms with Gasteiger partial charge in [-0.2, -0.15) is 5.26 Å². The number of ether oxygens (including phenoxy) is 2. The topological polar surface area (TPSA) is 55.1 Å². The van der Waals surface area contributed by atoms with E-state index in [0.717, 1.165) is 16.8 Å². The molecular formula is C15H18N2O2. The molecule has 0 saturated carbocycles. The zero-order valence-corrected chi connectivity index (χ0v) is 11.6. The highest BCUT2D eigenvalue weighted by atomic mass is 16.5. The molecule has 0 aliphatic carbocycles. The van der Waals surface area contributed by atoms with E-state index < -0.39 is 0 Å². The Morgan fingerprint density at radius 1 is 1.53 bits per heavy atom. The molecule has 0 fully saturated rings. The highest BCUT2D eigenvalue weighted by Gasteiger charge is 2.31. The minimum atomic E-state index is -0.262. The summed E-state index contributed by atoms with van der Waals surface area (Å²) in [5.41, 5.74) is 3.15. The number of nitrogens with zero attached hydrogens (tertiary/aromatic N) is 2. The Morgan fingerprint density at radius 3 is 2.89 bits per heavy atom. The fraction of sp³-hybridized carbons (Fsp3) is 0.467. The molecule has 0 radical (unpaired) electrons. The summed E-state index contributed by atoms with van der Waals surface area (Å²) in [4.78, 5) is 4.37. The van der Waals surface area contributed by atoms with Gasteiger partial charge >= 0.3 is 0 Å². The molecule has 0 bridgehead atoms. The van der Waals surface area contributed by atoms with E-state index in [4.69, 9.17) is 9.47 Å². The van der Waals surface area contributed by atoms with Gasteiger partial charge in [0.1, 0.15) is 18.2 Å². The monoisotopic (exact) mass is 258 g/mol. The Labute approximate surface area is 113 Å². The van der Waals surface area contributed by atoms with Crippen molar-refractivity contribution >= 4 is 0 Å². The molecule has 0 N–H and O–H groups in total. The summed E-state index contributed by atoms with van der Waals surface area (Å²) in [6.07, 6.45) is 2.34. The van der Waals surface area contributed by atoms with Crippen LogP contribution in [0.25, 0.3) is 0 Å². The lowest BCUT2D eigenvalue weighted by Crippen LogP contribution is -2.33. The van der Waals surface area contributed by atoms with Crippen molar-refractivity contribution in [2.45, 2.75) is 39.4 Å². The molecule has 2 heterocycles. The van der Waals surface area contributed by atoms with Crippen LogP contribution in [0.2, 0.25) is 0 Å². The van der Waals surface area contributed by atoms with Gasteiger partial charge in [-0.05, 0) is 26.3 Å². The number of nitriles is 1. The van der Waals surface area contributed by atoms with E-state index in [9.17, 15) is 5.26 Å². The van der Waals surface area contributed by atoms with E-state index in [1.165, 1.54) is 0 Å². The third kappa shape index (κ3) is 2.61. The van der Waals surface area contributed by atoms with Crippen LogP contribution in [0.3, 0.4) is 0 Å². The summed E-state index contributed by atoms with van der Waals surface area (Å²) < 4.78 is 11.3. The van der Waals surface area contributed by atoms with Gasteiger partial charge < -0.3 is 9.47 Å². The lowest BCUT2D eigenvalue weighted by molar-refractivity contribution is -0.0407. The van der Waals surface area contributed by atoms with Gasteiger partial charge in [-0.3, -0.25) is 0 Å². The summed E-state index contributed by atoms with van der Waals surface area (Å²) in [5.74, 6) is 0.399. The number of rotatable bonds is 3. The molecular weight excluding hydrogens is 240 g/mol. The van der Waals surface area contributed by atoms with Crippen molar-refractivity contribution < 1.29 is 9.47 Å². The molecule has 1 aliphatic rings. The van der Waals surface area contributed by atoms with Crippen LogP contribution < -0.4 is 4.74 Å². The number of hydrogen-bond acceptors (Lipinski definition) is 4. The average molecular weight is 258 g/mol.